The summed E-state index contributed by atoms with van der Waals surface area (Å²) in [6.07, 6.45) is 0.918. The van der Waals surface area contributed by atoms with Crippen LogP contribution in [0.5, 0.6) is 0 Å². The molecule has 2 N–H and O–H groups in total. The number of rotatable bonds is 3. The van der Waals surface area contributed by atoms with E-state index in [0.29, 0.717) is 17.9 Å². The fourth-order valence-electron chi connectivity index (χ4n) is 2.03. The Labute approximate surface area is 111 Å². The first-order chi connectivity index (χ1) is 8.56. The summed E-state index contributed by atoms with van der Waals surface area (Å²) in [6.45, 7) is 1.97. The van der Waals surface area contributed by atoms with Crippen LogP contribution in [-0.4, -0.2) is 17.9 Å². The fourth-order valence-corrected chi connectivity index (χ4v) is 2.23. The molecule has 1 saturated heterocycles. The van der Waals surface area contributed by atoms with Gasteiger partial charge < -0.3 is 0 Å². The van der Waals surface area contributed by atoms with Gasteiger partial charge >= 0.3 is 0 Å². The van der Waals surface area contributed by atoms with Crippen LogP contribution in [0.3, 0.4) is 0 Å². The molecule has 2 amide bonds. The molecule has 2 atom stereocenters. The van der Waals surface area contributed by atoms with Crippen LogP contribution in [0.15, 0.2) is 24.3 Å². The topological polar surface area (TPSA) is 58.2 Å². The zero-order valence-electron chi connectivity index (χ0n) is 10.1. The van der Waals surface area contributed by atoms with E-state index in [4.69, 9.17) is 11.6 Å². The van der Waals surface area contributed by atoms with Gasteiger partial charge in [0.05, 0.1) is 6.04 Å². The Morgan fingerprint density at radius 1 is 1.44 bits per heavy atom. The van der Waals surface area contributed by atoms with Crippen molar-refractivity contribution in [3.63, 3.8) is 0 Å². The summed E-state index contributed by atoms with van der Waals surface area (Å²) < 4.78 is 0. The molecule has 0 saturated carbocycles. The normalized spacial score (nSPS) is 21.6. The minimum absolute atomic E-state index is 0.00709. The maximum atomic E-state index is 11.6. The molecule has 1 aromatic rings. The number of hydrogen-bond donors (Lipinski definition) is 2. The van der Waals surface area contributed by atoms with Crippen molar-refractivity contribution < 1.29 is 9.59 Å². The summed E-state index contributed by atoms with van der Waals surface area (Å²) in [5.41, 5.74) is 1.02. The Morgan fingerprint density at radius 3 is 2.89 bits per heavy atom. The number of benzene rings is 1. The minimum atomic E-state index is -0.323. The fraction of sp³-hybridized carbons (Fsp3) is 0.385. The molecule has 4 nitrogen and oxygen atoms in total. The number of halogens is 1. The summed E-state index contributed by atoms with van der Waals surface area (Å²) in [5.74, 6) is -0.450. The van der Waals surface area contributed by atoms with E-state index < -0.39 is 0 Å². The summed E-state index contributed by atoms with van der Waals surface area (Å²) >= 11 is 5.93. The second-order valence-electron chi connectivity index (χ2n) is 4.45. The monoisotopic (exact) mass is 266 g/mol. The third-order valence-electron chi connectivity index (χ3n) is 3.04. The largest absolute Gasteiger partial charge is 0.299 e. The van der Waals surface area contributed by atoms with Crippen molar-refractivity contribution in [1.29, 1.82) is 0 Å². The molecule has 2 rings (SSSR count). The number of piperidine rings is 1. The summed E-state index contributed by atoms with van der Waals surface area (Å²) in [5, 5.41) is 6.21. The second-order valence-corrected chi connectivity index (χ2v) is 4.88. The Balaban J connectivity index is 2.01. The maximum Gasteiger partial charge on any atom is 0.243 e. The van der Waals surface area contributed by atoms with Gasteiger partial charge in [-0.25, -0.2) is 0 Å². The first kappa shape index (κ1) is 13.1. The molecule has 5 heteroatoms. The van der Waals surface area contributed by atoms with Crippen molar-refractivity contribution in [1.82, 2.24) is 10.6 Å². The van der Waals surface area contributed by atoms with Crippen molar-refractivity contribution in [2.45, 2.75) is 31.8 Å². The average Bonchev–Trinajstić information content (AvgIpc) is 2.32. The Kier molecular flexibility index (Phi) is 3.99. The van der Waals surface area contributed by atoms with Crippen LogP contribution in [0.4, 0.5) is 0 Å². The van der Waals surface area contributed by atoms with Crippen molar-refractivity contribution in [2.75, 3.05) is 0 Å². The number of amides is 2. The van der Waals surface area contributed by atoms with E-state index >= 15 is 0 Å². The molecular formula is C13H15ClN2O2. The van der Waals surface area contributed by atoms with E-state index in [9.17, 15) is 9.59 Å². The van der Waals surface area contributed by atoms with Crippen LogP contribution in [-0.2, 0) is 9.59 Å². The third kappa shape index (κ3) is 3.09. The van der Waals surface area contributed by atoms with Crippen LogP contribution >= 0.6 is 11.6 Å². The summed E-state index contributed by atoms with van der Waals surface area (Å²) in [4.78, 5) is 22.7. The number of hydrogen-bond acceptors (Lipinski definition) is 3. The highest BCUT2D eigenvalue weighted by molar-refractivity contribution is 6.30. The number of carbonyl (C=O) groups excluding carboxylic acids is 2. The van der Waals surface area contributed by atoms with Crippen LogP contribution in [0.25, 0.3) is 0 Å². The molecule has 1 aliphatic heterocycles. The lowest BCUT2D eigenvalue weighted by molar-refractivity contribution is -0.134. The quantitative estimate of drug-likeness (QED) is 0.820. The summed E-state index contributed by atoms with van der Waals surface area (Å²) in [6, 6.07) is 7.19. The third-order valence-corrected chi connectivity index (χ3v) is 3.27. The molecule has 1 aliphatic rings. The highest BCUT2D eigenvalue weighted by atomic mass is 35.5. The molecule has 0 spiro atoms. The Morgan fingerprint density at radius 2 is 2.22 bits per heavy atom. The first-order valence-electron chi connectivity index (χ1n) is 5.91. The standard InChI is InChI=1S/C13H15ClN2O2/c1-8(9-3-2-4-10(14)7-9)15-11-5-6-12(17)16-13(11)18/h2-4,7-8,11,15H,5-6H2,1H3,(H,16,17,18). The molecule has 2 unspecified atom stereocenters. The zero-order chi connectivity index (χ0) is 13.1. The highest BCUT2D eigenvalue weighted by Crippen LogP contribution is 2.19. The zero-order valence-corrected chi connectivity index (χ0v) is 10.8. The van der Waals surface area contributed by atoms with Gasteiger partial charge in [0, 0.05) is 17.5 Å². The van der Waals surface area contributed by atoms with Crippen LogP contribution in [0, 0.1) is 0 Å². The average molecular weight is 267 g/mol. The van der Waals surface area contributed by atoms with Gasteiger partial charge in [0.2, 0.25) is 11.8 Å². The Bertz CT molecular complexity index is 476. The molecule has 0 aromatic heterocycles. The second kappa shape index (κ2) is 5.50. The predicted octanol–water partition coefficient (Wildman–Crippen LogP) is 1.80. The highest BCUT2D eigenvalue weighted by Gasteiger charge is 2.27. The smallest absolute Gasteiger partial charge is 0.243 e. The van der Waals surface area contributed by atoms with Gasteiger partial charge in [-0.3, -0.25) is 20.2 Å². The van der Waals surface area contributed by atoms with Crippen molar-refractivity contribution in [3.8, 4) is 0 Å². The van der Waals surface area contributed by atoms with Crippen LogP contribution in [0.2, 0.25) is 5.02 Å². The molecule has 1 fully saturated rings. The van der Waals surface area contributed by atoms with E-state index in [2.05, 4.69) is 10.6 Å². The van der Waals surface area contributed by atoms with E-state index in [1.807, 2.05) is 31.2 Å². The van der Waals surface area contributed by atoms with Crippen LogP contribution < -0.4 is 10.6 Å². The van der Waals surface area contributed by atoms with E-state index in [1.165, 1.54) is 0 Å². The van der Waals surface area contributed by atoms with Gasteiger partial charge in [0.1, 0.15) is 0 Å². The van der Waals surface area contributed by atoms with Gasteiger partial charge in [-0.05, 0) is 31.0 Å². The molecular weight excluding hydrogens is 252 g/mol. The van der Waals surface area contributed by atoms with Gasteiger partial charge in [-0.15, -0.1) is 0 Å². The molecule has 1 heterocycles. The predicted molar refractivity (Wildman–Crippen MR) is 69.2 cm³/mol. The lowest BCUT2D eigenvalue weighted by Gasteiger charge is -2.25. The van der Waals surface area contributed by atoms with Crippen molar-refractivity contribution >= 4 is 23.4 Å². The van der Waals surface area contributed by atoms with Gasteiger partial charge in [-0.1, -0.05) is 23.7 Å². The molecule has 18 heavy (non-hydrogen) atoms. The number of imide groups is 1. The molecule has 96 valence electrons. The molecule has 0 aliphatic carbocycles. The number of nitrogens with one attached hydrogen (secondary N) is 2. The van der Waals surface area contributed by atoms with Gasteiger partial charge in [0.25, 0.3) is 0 Å². The lowest BCUT2D eigenvalue weighted by atomic mass is 10.0. The molecule has 0 radical (unpaired) electrons. The number of carbonyl (C=O) groups is 2. The SMILES string of the molecule is CC(NC1CCC(=O)NC1=O)c1cccc(Cl)c1. The van der Waals surface area contributed by atoms with Crippen LogP contribution in [0.1, 0.15) is 31.4 Å². The molecule has 0 bridgehead atoms. The maximum absolute atomic E-state index is 11.6. The van der Waals surface area contributed by atoms with Crippen molar-refractivity contribution in [2.24, 2.45) is 0 Å². The van der Waals surface area contributed by atoms with Gasteiger partial charge in [-0.2, -0.15) is 0 Å². The summed E-state index contributed by atoms with van der Waals surface area (Å²) in [7, 11) is 0. The first-order valence-corrected chi connectivity index (χ1v) is 6.29. The molecule has 1 aromatic carbocycles. The van der Waals surface area contributed by atoms with Crippen molar-refractivity contribution in [3.05, 3.63) is 34.9 Å². The van der Waals surface area contributed by atoms with E-state index in [1.54, 1.807) is 0 Å². The minimum Gasteiger partial charge on any atom is -0.299 e. The Hall–Kier alpha value is -1.39. The van der Waals surface area contributed by atoms with Gasteiger partial charge in [0.15, 0.2) is 0 Å². The van der Waals surface area contributed by atoms with E-state index in [-0.39, 0.29) is 23.9 Å². The van der Waals surface area contributed by atoms with E-state index in [0.717, 1.165) is 5.56 Å². The lowest BCUT2D eigenvalue weighted by Crippen LogP contribution is -2.51.